The monoisotopic (exact) mass is 124 g/mol. The Morgan fingerprint density at radius 1 is 1.67 bits per heavy atom. The average molecular weight is 124 g/mol. The minimum Gasteiger partial charge on any atom is -0.377 e. The average Bonchev–Trinajstić information content (AvgIpc) is 2.34. The van der Waals surface area contributed by atoms with Crippen LogP contribution in [-0.2, 0) is 4.74 Å². The van der Waals surface area contributed by atoms with Crippen molar-refractivity contribution in [3.63, 3.8) is 0 Å². The van der Waals surface area contributed by atoms with Gasteiger partial charge in [0, 0.05) is 6.61 Å². The molecule has 0 spiro atoms. The van der Waals surface area contributed by atoms with Crippen molar-refractivity contribution in [2.45, 2.75) is 13.3 Å². The van der Waals surface area contributed by atoms with E-state index in [-0.39, 0.29) is 0 Å². The maximum atomic E-state index is 5.20. The first-order valence-electron chi connectivity index (χ1n) is 3.37. The quantitative estimate of drug-likeness (QED) is 0.558. The summed E-state index contributed by atoms with van der Waals surface area (Å²) in [6.07, 6.45) is 7.54. The summed E-state index contributed by atoms with van der Waals surface area (Å²) in [5.74, 6) is 0. The van der Waals surface area contributed by atoms with Gasteiger partial charge in [0.1, 0.15) is 0 Å². The lowest BCUT2D eigenvalue weighted by molar-refractivity contribution is 0.173. The van der Waals surface area contributed by atoms with Crippen LogP contribution in [-0.4, -0.2) is 13.2 Å². The molecule has 0 N–H and O–H groups in total. The Morgan fingerprint density at radius 2 is 2.56 bits per heavy atom. The summed E-state index contributed by atoms with van der Waals surface area (Å²) in [7, 11) is 0. The van der Waals surface area contributed by atoms with Crippen molar-refractivity contribution >= 4 is 0 Å². The van der Waals surface area contributed by atoms with Gasteiger partial charge in [0.15, 0.2) is 0 Å². The van der Waals surface area contributed by atoms with Crippen LogP contribution >= 0.6 is 0 Å². The third-order valence-electron chi connectivity index (χ3n) is 1.32. The van der Waals surface area contributed by atoms with E-state index in [1.807, 2.05) is 6.92 Å². The molecule has 0 atom stereocenters. The Morgan fingerprint density at radius 3 is 3.11 bits per heavy atom. The van der Waals surface area contributed by atoms with Crippen LogP contribution in [0.2, 0.25) is 0 Å². The fourth-order valence-electron chi connectivity index (χ4n) is 0.834. The summed E-state index contributed by atoms with van der Waals surface area (Å²) in [6, 6.07) is 0. The molecular weight excluding hydrogens is 112 g/mol. The van der Waals surface area contributed by atoms with Crippen LogP contribution in [0, 0.1) is 0 Å². The Labute approximate surface area is 56.0 Å². The number of ether oxygens (including phenoxy) is 1. The summed E-state index contributed by atoms with van der Waals surface area (Å²) in [6.45, 7) is 3.61. The maximum absolute atomic E-state index is 5.20. The van der Waals surface area contributed by atoms with Crippen LogP contribution in [0.25, 0.3) is 0 Å². The molecule has 0 aromatic rings. The molecule has 9 heavy (non-hydrogen) atoms. The zero-order valence-corrected chi connectivity index (χ0v) is 5.76. The van der Waals surface area contributed by atoms with Crippen molar-refractivity contribution in [1.82, 2.24) is 0 Å². The molecule has 0 aromatic carbocycles. The molecule has 0 aromatic heterocycles. The Hall–Kier alpha value is -0.560. The minimum absolute atomic E-state index is 0.785. The van der Waals surface area contributed by atoms with Gasteiger partial charge in [-0.25, -0.2) is 0 Å². The van der Waals surface area contributed by atoms with Gasteiger partial charge in [-0.3, -0.25) is 0 Å². The van der Waals surface area contributed by atoms with Crippen LogP contribution in [0.15, 0.2) is 23.8 Å². The van der Waals surface area contributed by atoms with Crippen LogP contribution in [0.3, 0.4) is 0 Å². The van der Waals surface area contributed by atoms with E-state index >= 15 is 0 Å². The highest BCUT2D eigenvalue weighted by Gasteiger charge is 1.94. The summed E-state index contributed by atoms with van der Waals surface area (Å²) < 4.78 is 5.20. The molecule has 0 heterocycles. The predicted octanol–water partition coefficient (Wildman–Crippen LogP) is 1.91. The van der Waals surface area contributed by atoms with Gasteiger partial charge in [-0.1, -0.05) is 18.2 Å². The lowest BCUT2D eigenvalue weighted by Crippen LogP contribution is -1.93. The first-order chi connectivity index (χ1) is 4.43. The highest BCUT2D eigenvalue weighted by atomic mass is 16.5. The van der Waals surface area contributed by atoms with Gasteiger partial charge in [-0.05, 0) is 18.9 Å². The van der Waals surface area contributed by atoms with Gasteiger partial charge < -0.3 is 4.74 Å². The van der Waals surface area contributed by atoms with Gasteiger partial charge in [0.2, 0.25) is 0 Å². The molecule has 0 saturated heterocycles. The molecule has 0 aliphatic heterocycles. The molecule has 1 aliphatic carbocycles. The number of allylic oxidation sites excluding steroid dienone is 2. The second-order valence-corrected chi connectivity index (χ2v) is 2.05. The highest BCUT2D eigenvalue weighted by molar-refractivity contribution is 5.26. The van der Waals surface area contributed by atoms with Crippen LogP contribution in [0.4, 0.5) is 0 Å². The van der Waals surface area contributed by atoms with E-state index in [9.17, 15) is 0 Å². The molecule has 1 nitrogen and oxygen atoms in total. The van der Waals surface area contributed by atoms with Gasteiger partial charge in [-0.2, -0.15) is 0 Å². The maximum Gasteiger partial charge on any atom is 0.0713 e. The van der Waals surface area contributed by atoms with E-state index < -0.39 is 0 Å². The molecule has 1 heteroatoms. The third-order valence-corrected chi connectivity index (χ3v) is 1.32. The third kappa shape index (κ3) is 2.02. The SMILES string of the molecule is CCOCC1=CCC=C1. The molecule has 50 valence electrons. The smallest absolute Gasteiger partial charge is 0.0713 e. The van der Waals surface area contributed by atoms with Crippen LogP contribution in [0.1, 0.15) is 13.3 Å². The second-order valence-electron chi connectivity index (χ2n) is 2.05. The van der Waals surface area contributed by atoms with Gasteiger partial charge >= 0.3 is 0 Å². The molecule has 0 bridgehead atoms. The summed E-state index contributed by atoms with van der Waals surface area (Å²) in [5.41, 5.74) is 1.32. The molecule has 0 unspecified atom stereocenters. The number of hydrogen-bond donors (Lipinski definition) is 0. The van der Waals surface area contributed by atoms with E-state index in [0.29, 0.717) is 0 Å². The first kappa shape index (κ1) is 6.56. The summed E-state index contributed by atoms with van der Waals surface area (Å²) in [4.78, 5) is 0. The molecule has 1 rings (SSSR count). The molecule has 1 aliphatic rings. The Bertz CT molecular complexity index is 134. The van der Waals surface area contributed by atoms with E-state index in [0.717, 1.165) is 19.6 Å². The molecule has 0 amide bonds. The Balaban J connectivity index is 2.19. The number of hydrogen-bond acceptors (Lipinski definition) is 1. The van der Waals surface area contributed by atoms with Gasteiger partial charge in [0.25, 0.3) is 0 Å². The standard InChI is InChI=1S/C8H12O/c1-2-9-7-8-5-3-4-6-8/h3,5-6H,2,4,7H2,1H3. The predicted molar refractivity (Wildman–Crippen MR) is 38.3 cm³/mol. The van der Waals surface area contributed by atoms with E-state index in [2.05, 4.69) is 18.2 Å². The van der Waals surface area contributed by atoms with Crippen molar-refractivity contribution in [1.29, 1.82) is 0 Å². The topological polar surface area (TPSA) is 9.23 Å². The highest BCUT2D eigenvalue weighted by Crippen LogP contribution is 2.07. The summed E-state index contributed by atoms with van der Waals surface area (Å²) >= 11 is 0. The molecular formula is C8H12O. The van der Waals surface area contributed by atoms with Crippen molar-refractivity contribution in [2.75, 3.05) is 13.2 Å². The molecule has 0 radical (unpaired) electrons. The lowest BCUT2D eigenvalue weighted by Gasteiger charge is -1.97. The van der Waals surface area contributed by atoms with Crippen LogP contribution in [0.5, 0.6) is 0 Å². The minimum atomic E-state index is 0.785. The fourth-order valence-corrected chi connectivity index (χ4v) is 0.834. The fraction of sp³-hybridized carbons (Fsp3) is 0.500. The van der Waals surface area contributed by atoms with Crippen molar-refractivity contribution in [3.05, 3.63) is 23.8 Å². The normalized spacial score (nSPS) is 16.3. The zero-order chi connectivity index (χ0) is 6.53. The van der Waals surface area contributed by atoms with Gasteiger partial charge in [0.05, 0.1) is 6.61 Å². The second kappa shape index (κ2) is 3.46. The van der Waals surface area contributed by atoms with Gasteiger partial charge in [-0.15, -0.1) is 0 Å². The first-order valence-corrected chi connectivity index (χ1v) is 3.37. The zero-order valence-electron chi connectivity index (χ0n) is 5.76. The largest absolute Gasteiger partial charge is 0.377 e. The van der Waals surface area contributed by atoms with E-state index in [1.54, 1.807) is 0 Å². The van der Waals surface area contributed by atoms with Crippen molar-refractivity contribution in [2.24, 2.45) is 0 Å². The lowest BCUT2D eigenvalue weighted by atomic mass is 10.3. The molecule has 0 fully saturated rings. The molecule has 0 saturated carbocycles. The van der Waals surface area contributed by atoms with E-state index in [1.165, 1.54) is 5.57 Å². The van der Waals surface area contributed by atoms with E-state index in [4.69, 9.17) is 4.74 Å². The van der Waals surface area contributed by atoms with Crippen molar-refractivity contribution in [3.8, 4) is 0 Å². The van der Waals surface area contributed by atoms with Crippen molar-refractivity contribution < 1.29 is 4.74 Å². The summed E-state index contributed by atoms with van der Waals surface area (Å²) in [5, 5.41) is 0. The Kier molecular flexibility index (Phi) is 2.52. The van der Waals surface area contributed by atoms with Crippen LogP contribution < -0.4 is 0 Å². The number of rotatable bonds is 3.